The highest BCUT2D eigenvalue weighted by atomic mass is 19.3. The normalized spacial score (nSPS) is 33.8. The van der Waals surface area contributed by atoms with E-state index in [0.717, 1.165) is 12.8 Å². The monoisotopic (exact) mass is 178 g/mol. The van der Waals surface area contributed by atoms with Crippen LogP contribution < -0.4 is 0 Å². The van der Waals surface area contributed by atoms with Crippen LogP contribution in [-0.2, 0) is 0 Å². The maximum Gasteiger partial charge on any atom is 0.241 e. The molecule has 0 radical (unpaired) electrons. The first kappa shape index (κ1) is 9.90. The molecule has 72 valence electrons. The van der Waals surface area contributed by atoms with Gasteiger partial charge in [0.1, 0.15) is 0 Å². The van der Waals surface area contributed by atoms with Gasteiger partial charge in [0.25, 0.3) is 0 Å². The van der Waals surface area contributed by atoms with Gasteiger partial charge in [-0.05, 0) is 38.5 Å². The summed E-state index contributed by atoms with van der Waals surface area (Å²) in [5.41, 5.74) is 0. The second-order valence-electron chi connectivity index (χ2n) is 3.75. The Kier molecular flexibility index (Phi) is 3.44. The summed E-state index contributed by atoms with van der Waals surface area (Å²) in [6.45, 7) is 1.74. The third-order valence-electron chi connectivity index (χ3n) is 2.86. The van der Waals surface area contributed by atoms with E-state index >= 15 is 0 Å². The Morgan fingerprint density at radius 2 is 1.50 bits per heavy atom. The smallest absolute Gasteiger partial charge is 0.241 e. The Labute approximate surface area is 71.8 Å². The van der Waals surface area contributed by atoms with Crippen molar-refractivity contribution in [3.63, 3.8) is 0 Å². The lowest BCUT2D eigenvalue weighted by molar-refractivity contribution is 0.0226. The van der Waals surface area contributed by atoms with Crippen molar-refractivity contribution in [2.75, 3.05) is 0 Å². The van der Waals surface area contributed by atoms with Gasteiger partial charge in [0.05, 0.1) is 6.10 Å². The van der Waals surface area contributed by atoms with E-state index in [1.807, 2.05) is 0 Å². The Morgan fingerprint density at radius 3 is 1.83 bits per heavy atom. The van der Waals surface area contributed by atoms with E-state index in [1.54, 1.807) is 6.92 Å². The van der Waals surface area contributed by atoms with Crippen molar-refractivity contribution >= 4 is 0 Å². The summed E-state index contributed by atoms with van der Waals surface area (Å²) in [7, 11) is 0. The molecule has 0 aliphatic heterocycles. The van der Waals surface area contributed by atoms with Crippen molar-refractivity contribution in [2.24, 2.45) is 11.8 Å². The minimum Gasteiger partial charge on any atom is -0.393 e. The lowest BCUT2D eigenvalue weighted by atomic mass is 9.80. The lowest BCUT2D eigenvalue weighted by Crippen LogP contribution is -2.26. The number of aliphatic hydroxyl groups is 1. The highest BCUT2D eigenvalue weighted by Crippen LogP contribution is 2.33. The van der Waals surface area contributed by atoms with Gasteiger partial charge in [-0.15, -0.1) is 0 Å². The van der Waals surface area contributed by atoms with E-state index in [9.17, 15) is 13.9 Å². The van der Waals surface area contributed by atoms with E-state index in [-0.39, 0.29) is 12.0 Å². The van der Waals surface area contributed by atoms with Crippen LogP contribution in [0.5, 0.6) is 0 Å². The highest BCUT2D eigenvalue weighted by molar-refractivity contribution is 4.76. The molecule has 3 heteroatoms. The van der Waals surface area contributed by atoms with Gasteiger partial charge < -0.3 is 5.11 Å². The highest BCUT2D eigenvalue weighted by Gasteiger charge is 2.28. The minimum absolute atomic E-state index is 0.250. The van der Waals surface area contributed by atoms with Crippen LogP contribution in [0.4, 0.5) is 8.78 Å². The van der Waals surface area contributed by atoms with Gasteiger partial charge in [0.2, 0.25) is 6.43 Å². The summed E-state index contributed by atoms with van der Waals surface area (Å²) in [5, 5.41) is 9.21. The molecule has 1 rings (SSSR count). The van der Waals surface area contributed by atoms with Crippen molar-refractivity contribution in [3.05, 3.63) is 0 Å². The summed E-state index contributed by atoms with van der Waals surface area (Å²) >= 11 is 0. The molecule has 1 atom stereocenters. The third-order valence-corrected chi connectivity index (χ3v) is 2.86. The standard InChI is InChI=1S/C9H16F2O/c1-6(12)7-2-4-8(5-3-7)9(10)11/h6-9,12H,2-5H2,1H3. The topological polar surface area (TPSA) is 20.2 Å². The first-order valence-electron chi connectivity index (χ1n) is 4.57. The fourth-order valence-electron chi connectivity index (χ4n) is 1.88. The van der Waals surface area contributed by atoms with Gasteiger partial charge in [-0.3, -0.25) is 0 Å². The van der Waals surface area contributed by atoms with Crippen molar-refractivity contribution in [1.29, 1.82) is 0 Å². The molecular weight excluding hydrogens is 162 g/mol. The molecule has 1 aliphatic carbocycles. The molecule has 0 bridgehead atoms. The van der Waals surface area contributed by atoms with Crippen LogP contribution in [0.2, 0.25) is 0 Å². The molecular formula is C9H16F2O. The summed E-state index contributed by atoms with van der Waals surface area (Å²) < 4.78 is 24.4. The van der Waals surface area contributed by atoms with E-state index in [1.165, 1.54) is 0 Å². The zero-order chi connectivity index (χ0) is 9.14. The Morgan fingerprint density at radius 1 is 1.08 bits per heavy atom. The summed E-state index contributed by atoms with van der Waals surface area (Å²) in [6.07, 6.45) is 0.170. The first-order chi connectivity index (χ1) is 5.61. The quantitative estimate of drug-likeness (QED) is 0.688. The minimum atomic E-state index is -2.17. The molecule has 1 fully saturated rings. The predicted octanol–water partition coefficient (Wildman–Crippen LogP) is 2.44. The van der Waals surface area contributed by atoms with Crippen molar-refractivity contribution in [2.45, 2.75) is 45.1 Å². The molecule has 0 aromatic carbocycles. The van der Waals surface area contributed by atoms with E-state index in [0.29, 0.717) is 12.8 Å². The van der Waals surface area contributed by atoms with Crippen LogP contribution in [0, 0.1) is 11.8 Å². The zero-order valence-electron chi connectivity index (χ0n) is 7.34. The average Bonchev–Trinajstić information content (AvgIpc) is 2.04. The van der Waals surface area contributed by atoms with Crippen molar-refractivity contribution < 1.29 is 13.9 Å². The summed E-state index contributed by atoms with van der Waals surface area (Å²) in [4.78, 5) is 0. The molecule has 1 saturated carbocycles. The molecule has 12 heavy (non-hydrogen) atoms. The molecule has 0 spiro atoms. The van der Waals surface area contributed by atoms with Crippen LogP contribution in [0.25, 0.3) is 0 Å². The fourth-order valence-corrected chi connectivity index (χ4v) is 1.88. The van der Waals surface area contributed by atoms with Crippen LogP contribution in [0.1, 0.15) is 32.6 Å². The number of rotatable bonds is 2. The van der Waals surface area contributed by atoms with Gasteiger partial charge in [-0.1, -0.05) is 0 Å². The Balaban J connectivity index is 2.30. The first-order valence-corrected chi connectivity index (χ1v) is 4.57. The maximum atomic E-state index is 12.2. The fraction of sp³-hybridized carbons (Fsp3) is 1.00. The van der Waals surface area contributed by atoms with Crippen LogP contribution in [0.3, 0.4) is 0 Å². The molecule has 0 heterocycles. The molecule has 0 saturated heterocycles. The second-order valence-corrected chi connectivity index (χ2v) is 3.75. The second kappa shape index (κ2) is 4.17. The van der Waals surface area contributed by atoms with Gasteiger partial charge in [0.15, 0.2) is 0 Å². The molecule has 0 aromatic rings. The third kappa shape index (κ3) is 2.41. The number of alkyl halides is 2. The maximum absolute atomic E-state index is 12.2. The van der Waals surface area contributed by atoms with E-state index in [4.69, 9.17) is 0 Å². The molecule has 1 unspecified atom stereocenters. The molecule has 0 aromatic heterocycles. The van der Waals surface area contributed by atoms with Crippen LogP contribution in [-0.4, -0.2) is 17.6 Å². The van der Waals surface area contributed by atoms with Crippen LogP contribution >= 0.6 is 0 Å². The molecule has 0 amide bonds. The molecule has 1 nitrogen and oxygen atoms in total. The van der Waals surface area contributed by atoms with Crippen LogP contribution in [0.15, 0.2) is 0 Å². The average molecular weight is 178 g/mol. The number of halogens is 2. The molecule has 1 aliphatic rings. The SMILES string of the molecule is CC(O)C1CCC(C(F)F)CC1. The van der Waals surface area contributed by atoms with Crippen molar-refractivity contribution in [1.82, 2.24) is 0 Å². The lowest BCUT2D eigenvalue weighted by Gasteiger charge is -2.29. The largest absolute Gasteiger partial charge is 0.393 e. The van der Waals surface area contributed by atoms with Gasteiger partial charge in [-0.25, -0.2) is 8.78 Å². The summed E-state index contributed by atoms with van der Waals surface area (Å²) in [6, 6.07) is 0. The van der Waals surface area contributed by atoms with Crippen molar-refractivity contribution in [3.8, 4) is 0 Å². The predicted molar refractivity (Wildman–Crippen MR) is 43.1 cm³/mol. The van der Waals surface area contributed by atoms with Gasteiger partial charge in [0, 0.05) is 5.92 Å². The number of hydrogen-bond donors (Lipinski definition) is 1. The van der Waals surface area contributed by atoms with E-state index in [2.05, 4.69) is 0 Å². The Hall–Kier alpha value is -0.180. The number of hydrogen-bond acceptors (Lipinski definition) is 1. The molecule has 1 N–H and O–H groups in total. The Bertz CT molecular complexity index is 112. The van der Waals surface area contributed by atoms with Gasteiger partial charge in [-0.2, -0.15) is 0 Å². The summed E-state index contributed by atoms with van der Waals surface area (Å²) in [5.74, 6) is -0.167. The number of aliphatic hydroxyl groups excluding tert-OH is 1. The zero-order valence-corrected chi connectivity index (χ0v) is 7.34. The van der Waals surface area contributed by atoms with E-state index < -0.39 is 12.3 Å². The van der Waals surface area contributed by atoms with Gasteiger partial charge >= 0.3 is 0 Å².